The smallest absolute Gasteiger partial charge is 0.497 e. The van der Waals surface area contributed by atoms with Crippen LogP contribution in [-0.4, -0.2) is 29.2 Å². The Morgan fingerprint density at radius 2 is 1.66 bits per heavy atom. The summed E-state index contributed by atoms with van der Waals surface area (Å²) in [6.45, 7) is 0. The minimum Gasteiger partial charge on any atom is -0.497 e. The van der Waals surface area contributed by atoms with E-state index in [9.17, 15) is 22.8 Å². The van der Waals surface area contributed by atoms with Crippen molar-refractivity contribution in [3.63, 3.8) is 0 Å². The SMILES string of the molecule is COc1ccc2c(=O)c3c([nH]c2c1)CC(c1ccc(-c2ccc(OC(F)(F)F)cc2)cn1)CC3=O. The van der Waals surface area contributed by atoms with Crippen molar-refractivity contribution in [1.29, 1.82) is 0 Å². The van der Waals surface area contributed by atoms with Crippen LogP contribution in [0.25, 0.3) is 22.0 Å². The summed E-state index contributed by atoms with van der Waals surface area (Å²) in [5, 5.41) is 0.436. The zero-order valence-electron chi connectivity index (χ0n) is 18.5. The van der Waals surface area contributed by atoms with Gasteiger partial charge in [0.1, 0.15) is 11.5 Å². The lowest BCUT2D eigenvalue weighted by atomic mass is 9.83. The van der Waals surface area contributed by atoms with Gasteiger partial charge in [-0.05, 0) is 42.3 Å². The first kappa shape index (κ1) is 22.6. The highest BCUT2D eigenvalue weighted by molar-refractivity contribution is 6.01. The summed E-state index contributed by atoms with van der Waals surface area (Å²) in [5.74, 6) is -0.155. The Morgan fingerprint density at radius 1 is 0.943 bits per heavy atom. The first-order valence-electron chi connectivity index (χ1n) is 10.8. The molecule has 9 heteroatoms. The van der Waals surface area contributed by atoms with Crippen LogP contribution in [0.3, 0.4) is 0 Å². The molecular weight excluding hydrogens is 461 g/mol. The van der Waals surface area contributed by atoms with Gasteiger partial charge in [0.25, 0.3) is 0 Å². The predicted molar refractivity (Wildman–Crippen MR) is 123 cm³/mol. The second kappa shape index (κ2) is 8.57. The fourth-order valence-electron chi connectivity index (χ4n) is 4.42. The molecule has 6 nitrogen and oxygen atoms in total. The van der Waals surface area contributed by atoms with E-state index in [-0.39, 0.29) is 34.9 Å². The highest BCUT2D eigenvalue weighted by atomic mass is 19.4. The molecule has 0 saturated carbocycles. The van der Waals surface area contributed by atoms with Gasteiger partial charge in [0.05, 0.1) is 18.2 Å². The number of nitrogens with zero attached hydrogens (tertiary/aromatic N) is 1. The van der Waals surface area contributed by atoms with Gasteiger partial charge in [0.2, 0.25) is 0 Å². The van der Waals surface area contributed by atoms with Crippen molar-refractivity contribution in [3.8, 4) is 22.6 Å². The number of rotatable bonds is 4. The number of nitrogens with one attached hydrogen (secondary N) is 1. The molecule has 35 heavy (non-hydrogen) atoms. The van der Waals surface area contributed by atoms with Crippen molar-refractivity contribution in [2.75, 3.05) is 7.11 Å². The number of aromatic amines is 1. The van der Waals surface area contributed by atoms with Crippen molar-refractivity contribution in [2.45, 2.75) is 25.1 Å². The highest BCUT2D eigenvalue weighted by Gasteiger charge is 2.32. The second-order valence-corrected chi connectivity index (χ2v) is 8.29. The third-order valence-electron chi connectivity index (χ3n) is 6.07. The van der Waals surface area contributed by atoms with Crippen LogP contribution < -0.4 is 14.9 Å². The number of methoxy groups -OCH3 is 1. The molecule has 5 rings (SSSR count). The largest absolute Gasteiger partial charge is 0.573 e. The van der Waals surface area contributed by atoms with Crippen LogP contribution >= 0.6 is 0 Å². The Bertz CT molecular complexity index is 1480. The van der Waals surface area contributed by atoms with Gasteiger partial charge in [-0.25, -0.2) is 0 Å². The van der Waals surface area contributed by atoms with Gasteiger partial charge < -0.3 is 14.5 Å². The Labute approximate surface area is 197 Å². The summed E-state index contributed by atoms with van der Waals surface area (Å²) in [7, 11) is 1.54. The molecule has 2 aromatic heterocycles. The van der Waals surface area contributed by atoms with Gasteiger partial charge >= 0.3 is 6.36 Å². The predicted octanol–water partition coefficient (Wildman–Crippen LogP) is 5.41. The minimum absolute atomic E-state index is 0.160. The van der Waals surface area contributed by atoms with Crippen molar-refractivity contribution < 1.29 is 27.4 Å². The maximum Gasteiger partial charge on any atom is 0.573 e. The number of pyridine rings is 2. The monoisotopic (exact) mass is 480 g/mol. The van der Waals surface area contributed by atoms with Crippen LogP contribution in [0.2, 0.25) is 0 Å². The molecule has 0 fully saturated rings. The summed E-state index contributed by atoms with van der Waals surface area (Å²) < 4.78 is 46.2. The lowest BCUT2D eigenvalue weighted by Crippen LogP contribution is -2.28. The molecule has 2 heterocycles. The fraction of sp³-hybridized carbons (Fsp3) is 0.192. The molecule has 0 saturated heterocycles. The molecule has 1 aliphatic rings. The molecule has 0 spiro atoms. The Kier molecular flexibility index (Phi) is 5.55. The zero-order valence-corrected chi connectivity index (χ0v) is 18.5. The number of benzene rings is 2. The van der Waals surface area contributed by atoms with E-state index in [1.54, 1.807) is 36.5 Å². The van der Waals surface area contributed by atoms with Gasteiger partial charge in [-0.2, -0.15) is 0 Å². The highest BCUT2D eigenvalue weighted by Crippen LogP contribution is 2.32. The number of ether oxygens (including phenoxy) is 2. The summed E-state index contributed by atoms with van der Waals surface area (Å²) in [4.78, 5) is 33.6. The van der Waals surface area contributed by atoms with Gasteiger partial charge in [0.15, 0.2) is 11.2 Å². The molecule has 1 unspecified atom stereocenters. The number of carbonyl (C=O) groups excluding carboxylic acids is 1. The van der Waals surface area contributed by atoms with E-state index in [0.717, 1.165) is 0 Å². The summed E-state index contributed by atoms with van der Waals surface area (Å²) in [6.07, 6.45) is -2.53. The number of fused-ring (bicyclic) bond motifs is 2. The van der Waals surface area contributed by atoms with Crippen LogP contribution in [0, 0.1) is 0 Å². The van der Waals surface area contributed by atoms with Crippen molar-refractivity contribution >= 4 is 16.7 Å². The average molecular weight is 480 g/mol. The molecule has 178 valence electrons. The zero-order chi connectivity index (χ0) is 24.7. The van der Waals surface area contributed by atoms with Gasteiger partial charge in [-0.1, -0.05) is 18.2 Å². The van der Waals surface area contributed by atoms with E-state index in [4.69, 9.17) is 4.74 Å². The number of hydrogen-bond donors (Lipinski definition) is 1. The molecule has 1 atom stereocenters. The molecule has 0 amide bonds. The molecule has 1 aliphatic carbocycles. The van der Waals surface area contributed by atoms with Gasteiger partial charge in [0, 0.05) is 46.9 Å². The first-order valence-corrected chi connectivity index (χ1v) is 10.8. The number of Topliss-reactive ketones (excluding diaryl/α,β-unsaturated/α-hetero) is 1. The summed E-state index contributed by atoms with van der Waals surface area (Å²) in [5.41, 5.74) is 3.15. The average Bonchev–Trinajstić information content (AvgIpc) is 2.83. The Balaban J connectivity index is 1.40. The van der Waals surface area contributed by atoms with Crippen LogP contribution in [-0.2, 0) is 6.42 Å². The van der Waals surface area contributed by atoms with E-state index < -0.39 is 6.36 Å². The quantitative estimate of drug-likeness (QED) is 0.423. The molecule has 1 N–H and O–H groups in total. The summed E-state index contributed by atoms with van der Waals surface area (Å²) in [6, 6.07) is 14.2. The lowest BCUT2D eigenvalue weighted by Gasteiger charge is -2.23. The Hall–Kier alpha value is -4.14. The van der Waals surface area contributed by atoms with Crippen molar-refractivity contribution in [1.82, 2.24) is 9.97 Å². The second-order valence-electron chi connectivity index (χ2n) is 8.29. The normalized spacial score (nSPS) is 15.7. The van der Waals surface area contributed by atoms with E-state index in [1.807, 2.05) is 0 Å². The molecule has 4 aromatic rings. The van der Waals surface area contributed by atoms with E-state index in [0.29, 0.717) is 45.6 Å². The molecule has 0 radical (unpaired) electrons. The van der Waals surface area contributed by atoms with E-state index in [1.165, 1.54) is 31.4 Å². The number of carbonyl (C=O) groups is 1. The van der Waals surface area contributed by atoms with E-state index >= 15 is 0 Å². The number of alkyl halides is 3. The van der Waals surface area contributed by atoms with Crippen molar-refractivity contribution in [2.24, 2.45) is 0 Å². The summed E-state index contributed by atoms with van der Waals surface area (Å²) >= 11 is 0. The van der Waals surface area contributed by atoms with Gasteiger partial charge in [-0.15, -0.1) is 13.2 Å². The molecule has 0 aliphatic heterocycles. The van der Waals surface area contributed by atoms with Gasteiger partial charge in [-0.3, -0.25) is 14.6 Å². The van der Waals surface area contributed by atoms with Crippen LogP contribution in [0.15, 0.2) is 65.6 Å². The van der Waals surface area contributed by atoms with Crippen LogP contribution in [0.4, 0.5) is 13.2 Å². The van der Waals surface area contributed by atoms with Crippen LogP contribution in [0.5, 0.6) is 11.5 Å². The third kappa shape index (κ3) is 4.49. The minimum atomic E-state index is -4.75. The fourth-order valence-corrected chi connectivity index (χ4v) is 4.42. The third-order valence-corrected chi connectivity index (χ3v) is 6.07. The van der Waals surface area contributed by atoms with E-state index in [2.05, 4.69) is 14.7 Å². The topological polar surface area (TPSA) is 81.3 Å². The number of aromatic nitrogens is 2. The number of H-pyrrole nitrogens is 1. The maximum atomic E-state index is 13.0. The molecule has 2 aromatic carbocycles. The number of halogens is 3. The Morgan fingerprint density at radius 3 is 2.31 bits per heavy atom. The number of ketones is 1. The van der Waals surface area contributed by atoms with Crippen molar-refractivity contribution in [3.05, 3.63) is 88.0 Å². The standard InChI is InChI=1S/C26H19F3N2O4/c1-34-18-7-8-19-21(12-18)31-22-10-16(11-23(32)24(22)25(19)33)20-9-4-15(13-30-20)14-2-5-17(6-3-14)35-26(27,28)29/h2-9,12-13,16H,10-11H2,1H3,(H,31,33). The molecular formula is C26H19F3N2O4. The maximum absolute atomic E-state index is 13.0. The van der Waals surface area contributed by atoms with Crippen LogP contribution in [0.1, 0.15) is 34.1 Å². The molecule has 0 bridgehead atoms. The number of hydrogen-bond acceptors (Lipinski definition) is 5. The lowest BCUT2D eigenvalue weighted by molar-refractivity contribution is -0.274. The first-order chi connectivity index (χ1) is 16.7.